The molecule has 0 fully saturated rings. The molecular formula is C12H16O2. The minimum atomic E-state index is -0.121. The van der Waals surface area contributed by atoms with E-state index in [1.807, 2.05) is 44.2 Å². The molecule has 2 nitrogen and oxygen atoms in total. The van der Waals surface area contributed by atoms with Crippen molar-refractivity contribution >= 4 is 5.97 Å². The molecule has 1 unspecified atom stereocenters. The van der Waals surface area contributed by atoms with Crippen molar-refractivity contribution in [2.45, 2.75) is 26.2 Å². The van der Waals surface area contributed by atoms with Gasteiger partial charge in [-0.3, -0.25) is 4.79 Å². The molecule has 0 aliphatic rings. The van der Waals surface area contributed by atoms with E-state index in [9.17, 15) is 4.79 Å². The predicted molar refractivity (Wildman–Crippen MR) is 56.1 cm³/mol. The molecular weight excluding hydrogens is 176 g/mol. The van der Waals surface area contributed by atoms with Gasteiger partial charge in [0.25, 0.3) is 0 Å². The van der Waals surface area contributed by atoms with Crippen molar-refractivity contribution in [1.29, 1.82) is 0 Å². The second-order valence-corrected chi connectivity index (χ2v) is 3.32. The molecule has 0 saturated heterocycles. The molecule has 14 heavy (non-hydrogen) atoms. The van der Waals surface area contributed by atoms with E-state index in [-0.39, 0.29) is 11.9 Å². The van der Waals surface area contributed by atoms with E-state index in [2.05, 4.69) is 0 Å². The van der Waals surface area contributed by atoms with Gasteiger partial charge in [0, 0.05) is 0 Å². The van der Waals surface area contributed by atoms with Crippen molar-refractivity contribution in [1.82, 2.24) is 0 Å². The fraction of sp³-hybridized carbons (Fsp3) is 0.417. The van der Waals surface area contributed by atoms with Gasteiger partial charge in [-0.1, -0.05) is 37.3 Å². The van der Waals surface area contributed by atoms with Gasteiger partial charge >= 0.3 is 5.97 Å². The molecule has 0 N–H and O–H groups in total. The molecule has 0 saturated carbocycles. The molecule has 0 aromatic heterocycles. The van der Waals surface area contributed by atoms with E-state index in [1.54, 1.807) is 0 Å². The standard InChI is InChI=1S/C12H16O2/c1-3-14-12(13)9-10(2)11-7-5-4-6-8-11/h4-8,10H,3,9H2,1-2H3. The van der Waals surface area contributed by atoms with Crippen LogP contribution < -0.4 is 0 Å². The summed E-state index contributed by atoms with van der Waals surface area (Å²) in [6.45, 7) is 4.32. The summed E-state index contributed by atoms with van der Waals surface area (Å²) in [5.41, 5.74) is 1.18. The second kappa shape index (κ2) is 5.43. The minimum Gasteiger partial charge on any atom is -0.466 e. The van der Waals surface area contributed by atoms with Crippen molar-refractivity contribution in [2.75, 3.05) is 6.61 Å². The highest BCUT2D eigenvalue weighted by Crippen LogP contribution is 2.18. The number of rotatable bonds is 4. The molecule has 0 heterocycles. The van der Waals surface area contributed by atoms with E-state index in [1.165, 1.54) is 5.56 Å². The van der Waals surface area contributed by atoms with Crippen LogP contribution in [0.5, 0.6) is 0 Å². The quantitative estimate of drug-likeness (QED) is 0.686. The first-order valence-electron chi connectivity index (χ1n) is 4.94. The number of esters is 1. The summed E-state index contributed by atoms with van der Waals surface area (Å²) in [4.78, 5) is 11.2. The molecule has 0 aliphatic heterocycles. The summed E-state index contributed by atoms with van der Waals surface area (Å²) < 4.78 is 4.90. The zero-order valence-corrected chi connectivity index (χ0v) is 8.69. The summed E-state index contributed by atoms with van der Waals surface area (Å²) in [6.07, 6.45) is 0.456. The van der Waals surface area contributed by atoms with E-state index in [0.29, 0.717) is 13.0 Å². The smallest absolute Gasteiger partial charge is 0.306 e. The van der Waals surface area contributed by atoms with Gasteiger partial charge in [0.2, 0.25) is 0 Å². The first-order valence-corrected chi connectivity index (χ1v) is 4.94. The minimum absolute atomic E-state index is 0.121. The summed E-state index contributed by atoms with van der Waals surface area (Å²) in [6, 6.07) is 10.0. The SMILES string of the molecule is CCOC(=O)CC(C)c1ccccc1. The Morgan fingerprint density at radius 2 is 2.00 bits per heavy atom. The first-order chi connectivity index (χ1) is 6.74. The van der Waals surface area contributed by atoms with Gasteiger partial charge < -0.3 is 4.74 Å². The maximum Gasteiger partial charge on any atom is 0.306 e. The summed E-state index contributed by atoms with van der Waals surface area (Å²) in [5.74, 6) is 0.110. The van der Waals surface area contributed by atoms with Gasteiger partial charge in [0.05, 0.1) is 13.0 Å². The predicted octanol–water partition coefficient (Wildman–Crippen LogP) is 2.74. The fourth-order valence-corrected chi connectivity index (χ4v) is 1.37. The van der Waals surface area contributed by atoms with Crippen molar-refractivity contribution in [3.63, 3.8) is 0 Å². The van der Waals surface area contributed by atoms with Crippen LogP contribution in [0.1, 0.15) is 31.7 Å². The number of benzene rings is 1. The summed E-state index contributed by atoms with van der Waals surface area (Å²) in [7, 11) is 0. The Hall–Kier alpha value is -1.31. The molecule has 0 radical (unpaired) electrons. The van der Waals surface area contributed by atoms with E-state index < -0.39 is 0 Å². The molecule has 1 atom stereocenters. The van der Waals surface area contributed by atoms with Crippen LogP contribution in [-0.2, 0) is 9.53 Å². The zero-order chi connectivity index (χ0) is 10.4. The van der Waals surface area contributed by atoms with E-state index in [0.717, 1.165) is 0 Å². The number of hydrogen-bond donors (Lipinski definition) is 0. The van der Waals surface area contributed by atoms with Crippen LogP contribution in [0.3, 0.4) is 0 Å². The van der Waals surface area contributed by atoms with Gasteiger partial charge in [-0.2, -0.15) is 0 Å². The largest absolute Gasteiger partial charge is 0.466 e. The lowest BCUT2D eigenvalue weighted by molar-refractivity contribution is -0.143. The van der Waals surface area contributed by atoms with Gasteiger partial charge in [-0.15, -0.1) is 0 Å². The van der Waals surface area contributed by atoms with Crippen molar-refractivity contribution in [2.24, 2.45) is 0 Å². The highest BCUT2D eigenvalue weighted by molar-refractivity contribution is 5.70. The fourth-order valence-electron chi connectivity index (χ4n) is 1.37. The normalized spacial score (nSPS) is 12.1. The van der Waals surface area contributed by atoms with Gasteiger partial charge in [-0.05, 0) is 18.4 Å². The molecule has 1 aromatic rings. The summed E-state index contributed by atoms with van der Waals surface area (Å²) >= 11 is 0. The average Bonchev–Trinajstić information content (AvgIpc) is 2.19. The lowest BCUT2D eigenvalue weighted by Crippen LogP contribution is -2.08. The molecule has 0 spiro atoms. The molecule has 2 heteroatoms. The van der Waals surface area contributed by atoms with Crippen LogP contribution in [0, 0.1) is 0 Å². The maximum absolute atomic E-state index is 11.2. The van der Waals surface area contributed by atoms with Gasteiger partial charge in [-0.25, -0.2) is 0 Å². The number of hydrogen-bond acceptors (Lipinski definition) is 2. The van der Waals surface area contributed by atoms with Gasteiger partial charge in [0.1, 0.15) is 0 Å². The van der Waals surface area contributed by atoms with E-state index in [4.69, 9.17) is 4.74 Å². The number of carbonyl (C=O) groups excluding carboxylic acids is 1. The third-order valence-electron chi connectivity index (χ3n) is 2.15. The Morgan fingerprint density at radius 1 is 1.36 bits per heavy atom. The topological polar surface area (TPSA) is 26.3 Å². The van der Waals surface area contributed by atoms with Crippen LogP contribution in [0.25, 0.3) is 0 Å². The lowest BCUT2D eigenvalue weighted by Gasteiger charge is -2.10. The van der Waals surface area contributed by atoms with E-state index >= 15 is 0 Å². The number of ether oxygens (including phenoxy) is 1. The monoisotopic (exact) mass is 192 g/mol. The Bertz CT molecular complexity index is 280. The Morgan fingerprint density at radius 3 is 2.57 bits per heavy atom. The molecule has 76 valence electrons. The van der Waals surface area contributed by atoms with Crippen LogP contribution in [-0.4, -0.2) is 12.6 Å². The highest BCUT2D eigenvalue weighted by Gasteiger charge is 2.10. The third-order valence-corrected chi connectivity index (χ3v) is 2.15. The summed E-state index contributed by atoms with van der Waals surface area (Å²) in [5, 5.41) is 0. The molecule has 1 aromatic carbocycles. The maximum atomic E-state index is 11.2. The van der Waals surface area contributed by atoms with Crippen molar-refractivity contribution < 1.29 is 9.53 Å². The Kier molecular flexibility index (Phi) is 4.17. The highest BCUT2D eigenvalue weighted by atomic mass is 16.5. The molecule has 0 aliphatic carbocycles. The zero-order valence-electron chi connectivity index (χ0n) is 8.69. The van der Waals surface area contributed by atoms with Crippen molar-refractivity contribution in [3.05, 3.63) is 35.9 Å². The van der Waals surface area contributed by atoms with Crippen molar-refractivity contribution in [3.8, 4) is 0 Å². The van der Waals surface area contributed by atoms with Crippen LogP contribution in [0.4, 0.5) is 0 Å². The lowest BCUT2D eigenvalue weighted by atomic mass is 9.98. The first kappa shape index (κ1) is 10.8. The Balaban J connectivity index is 2.50. The Labute approximate surface area is 84.9 Å². The number of carbonyl (C=O) groups is 1. The molecule has 1 rings (SSSR count). The van der Waals surface area contributed by atoms with Crippen LogP contribution in [0.15, 0.2) is 30.3 Å². The molecule has 0 amide bonds. The van der Waals surface area contributed by atoms with Crippen LogP contribution in [0.2, 0.25) is 0 Å². The molecule has 0 bridgehead atoms. The van der Waals surface area contributed by atoms with Crippen LogP contribution >= 0.6 is 0 Å². The average molecular weight is 192 g/mol. The second-order valence-electron chi connectivity index (χ2n) is 3.32. The third kappa shape index (κ3) is 3.21. The van der Waals surface area contributed by atoms with Gasteiger partial charge in [0.15, 0.2) is 0 Å².